The first-order valence-corrected chi connectivity index (χ1v) is 8.98. The molecule has 3 rings (SSSR count). The van der Waals surface area contributed by atoms with Crippen LogP contribution in [0.5, 0.6) is 0 Å². The molecular formula is C20H18Cl2N2O2. The molecule has 6 heteroatoms. The summed E-state index contributed by atoms with van der Waals surface area (Å²) in [5.74, 6) is -0.118. The maximum absolute atomic E-state index is 12.2. The number of rotatable bonds is 6. The number of allylic oxidation sites excluding steroid dienone is 1. The second-order valence-electron chi connectivity index (χ2n) is 6.01. The Morgan fingerprint density at radius 3 is 2.35 bits per heavy atom. The lowest BCUT2D eigenvalue weighted by Gasteiger charge is -2.13. The first kappa shape index (κ1) is 18.6. The monoisotopic (exact) mass is 388 g/mol. The molecule has 0 amide bonds. The van der Waals surface area contributed by atoms with Crippen molar-refractivity contribution in [3.05, 3.63) is 81.0 Å². The number of carbonyl (C=O) groups excluding carboxylic acids is 1. The van der Waals surface area contributed by atoms with Crippen LogP contribution in [0.4, 0.5) is 0 Å². The fourth-order valence-electron chi connectivity index (χ4n) is 2.77. The number of nitrogens with zero attached hydrogens (tertiary/aromatic N) is 1. The molecule has 1 aliphatic carbocycles. The summed E-state index contributed by atoms with van der Waals surface area (Å²) >= 11 is 12.2. The number of halogens is 2. The molecular weight excluding hydrogens is 371 g/mol. The number of ketones is 1. The van der Waals surface area contributed by atoms with Gasteiger partial charge in [0.15, 0.2) is 5.78 Å². The van der Waals surface area contributed by atoms with E-state index in [1.807, 2.05) is 36.4 Å². The molecule has 1 aliphatic rings. The fraction of sp³-hybridized carbons (Fsp3) is 0.200. The van der Waals surface area contributed by atoms with Crippen LogP contribution in [0.2, 0.25) is 10.0 Å². The lowest BCUT2D eigenvalue weighted by Crippen LogP contribution is -2.29. The molecule has 0 heterocycles. The predicted octanol–water partition coefficient (Wildman–Crippen LogP) is 4.51. The van der Waals surface area contributed by atoms with Crippen molar-refractivity contribution in [2.24, 2.45) is 4.99 Å². The van der Waals surface area contributed by atoms with Gasteiger partial charge < -0.3 is 10.4 Å². The number of benzene rings is 2. The maximum atomic E-state index is 12.2. The van der Waals surface area contributed by atoms with Gasteiger partial charge in [-0.05, 0) is 23.3 Å². The highest BCUT2D eigenvalue weighted by molar-refractivity contribution is 6.31. The number of nitrogens with one attached hydrogen (secondary N) is 1. The Hall–Kier alpha value is -2.14. The predicted molar refractivity (Wildman–Crippen MR) is 105 cm³/mol. The van der Waals surface area contributed by atoms with Crippen LogP contribution in [-0.2, 0) is 17.9 Å². The van der Waals surface area contributed by atoms with Crippen molar-refractivity contribution in [2.75, 3.05) is 0 Å². The van der Waals surface area contributed by atoms with Gasteiger partial charge in [0.1, 0.15) is 5.76 Å². The van der Waals surface area contributed by atoms with Crippen molar-refractivity contribution in [3.8, 4) is 0 Å². The zero-order chi connectivity index (χ0) is 18.5. The van der Waals surface area contributed by atoms with Crippen LogP contribution in [0.25, 0.3) is 0 Å². The van der Waals surface area contributed by atoms with E-state index in [0.29, 0.717) is 23.1 Å². The number of aliphatic imine (C=N–C) groups is 1. The normalized spacial score (nSPS) is 17.5. The maximum Gasteiger partial charge on any atom is 0.169 e. The number of Topliss-reactive ketones (excluding diaryl/α,β-unsaturated/α-hetero) is 1. The minimum atomic E-state index is -0.430. The topological polar surface area (TPSA) is 61.7 Å². The highest BCUT2D eigenvalue weighted by atomic mass is 35.5. The van der Waals surface area contributed by atoms with Crippen molar-refractivity contribution in [2.45, 2.75) is 25.6 Å². The Labute approximate surface area is 162 Å². The number of aliphatic hydroxyl groups is 1. The van der Waals surface area contributed by atoms with E-state index in [-0.39, 0.29) is 23.5 Å². The van der Waals surface area contributed by atoms with E-state index in [1.165, 1.54) is 6.21 Å². The van der Waals surface area contributed by atoms with Crippen molar-refractivity contribution >= 4 is 35.2 Å². The third-order valence-electron chi connectivity index (χ3n) is 4.23. The molecule has 0 fully saturated rings. The van der Waals surface area contributed by atoms with Gasteiger partial charge >= 0.3 is 0 Å². The van der Waals surface area contributed by atoms with Crippen molar-refractivity contribution < 1.29 is 9.90 Å². The third-order valence-corrected chi connectivity index (χ3v) is 4.97. The average molecular weight is 389 g/mol. The van der Waals surface area contributed by atoms with E-state index in [0.717, 1.165) is 11.1 Å². The molecule has 0 spiro atoms. The molecule has 0 saturated heterocycles. The van der Waals surface area contributed by atoms with Crippen molar-refractivity contribution in [1.82, 2.24) is 5.32 Å². The number of carbonyl (C=O) groups is 1. The molecule has 2 aromatic rings. The van der Waals surface area contributed by atoms with E-state index < -0.39 is 6.04 Å². The molecule has 1 atom stereocenters. The zero-order valence-corrected chi connectivity index (χ0v) is 15.5. The van der Waals surface area contributed by atoms with Gasteiger partial charge in [-0.25, -0.2) is 0 Å². The smallest absolute Gasteiger partial charge is 0.169 e. The Morgan fingerprint density at radius 1 is 1.08 bits per heavy atom. The molecule has 0 radical (unpaired) electrons. The van der Waals surface area contributed by atoms with Gasteiger partial charge in [0.05, 0.1) is 18.2 Å². The van der Waals surface area contributed by atoms with Crippen LogP contribution >= 0.6 is 23.2 Å². The van der Waals surface area contributed by atoms with Crippen LogP contribution < -0.4 is 5.32 Å². The van der Waals surface area contributed by atoms with Gasteiger partial charge in [-0.3, -0.25) is 9.79 Å². The van der Waals surface area contributed by atoms with E-state index in [2.05, 4.69) is 10.3 Å². The summed E-state index contributed by atoms with van der Waals surface area (Å²) in [7, 11) is 0. The summed E-state index contributed by atoms with van der Waals surface area (Å²) < 4.78 is 0. The standard InChI is InChI=1S/C20H18Cl2N2O2/c21-16-7-3-1-5-13(16)10-23-12-15-19(25)9-18(20(15)26)24-11-14-6-2-4-8-17(14)22/h1-8,12,18,24,26H,9-11H2. The van der Waals surface area contributed by atoms with E-state index in [4.69, 9.17) is 23.2 Å². The van der Waals surface area contributed by atoms with Crippen molar-refractivity contribution in [1.29, 1.82) is 0 Å². The molecule has 26 heavy (non-hydrogen) atoms. The Kier molecular flexibility index (Phi) is 6.09. The van der Waals surface area contributed by atoms with Crippen LogP contribution in [0, 0.1) is 0 Å². The van der Waals surface area contributed by atoms with Crippen LogP contribution in [0.3, 0.4) is 0 Å². The summed E-state index contributed by atoms with van der Waals surface area (Å²) in [5.41, 5.74) is 2.02. The quantitative estimate of drug-likeness (QED) is 0.715. The molecule has 134 valence electrons. The summed E-state index contributed by atoms with van der Waals surface area (Å²) in [6.07, 6.45) is 1.63. The summed E-state index contributed by atoms with van der Waals surface area (Å²) in [4.78, 5) is 16.4. The Balaban J connectivity index is 1.65. The lowest BCUT2D eigenvalue weighted by atomic mass is 10.2. The molecule has 0 bridgehead atoms. The number of hydrogen-bond donors (Lipinski definition) is 2. The zero-order valence-electron chi connectivity index (χ0n) is 14.0. The summed E-state index contributed by atoms with van der Waals surface area (Å²) in [6.45, 7) is 0.813. The molecule has 0 saturated carbocycles. The first-order chi connectivity index (χ1) is 12.6. The molecule has 0 aromatic heterocycles. The van der Waals surface area contributed by atoms with E-state index in [1.54, 1.807) is 12.1 Å². The van der Waals surface area contributed by atoms with Gasteiger partial charge in [-0.2, -0.15) is 0 Å². The van der Waals surface area contributed by atoms with Crippen LogP contribution in [0.15, 0.2) is 64.9 Å². The fourth-order valence-corrected chi connectivity index (χ4v) is 3.16. The molecule has 2 aromatic carbocycles. The van der Waals surface area contributed by atoms with Crippen LogP contribution in [-0.4, -0.2) is 23.1 Å². The molecule has 2 N–H and O–H groups in total. The van der Waals surface area contributed by atoms with E-state index in [9.17, 15) is 9.90 Å². The SMILES string of the molecule is O=C1CC(NCc2ccccc2Cl)C(O)=C1C=NCc1ccccc1Cl. The summed E-state index contributed by atoms with van der Waals surface area (Å²) in [6, 6.07) is 14.4. The van der Waals surface area contributed by atoms with Crippen molar-refractivity contribution in [3.63, 3.8) is 0 Å². The molecule has 0 aliphatic heterocycles. The highest BCUT2D eigenvalue weighted by Gasteiger charge is 2.31. The largest absolute Gasteiger partial charge is 0.510 e. The first-order valence-electron chi connectivity index (χ1n) is 8.22. The van der Waals surface area contributed by atoms with Gasteiger partial charge in [0.2, 0.25) is 0 Å². The second-order valence-corrected chi connectivity index (χ2v) is 6.83. The minimum Gasteiger partial charge on any atom is -0.510 e. The lowest BCUT2D eigenvalue weighted by molar-refractivity contribution is -0.114. The molecule has 1 unspecified atom stereocenters. The number of aliphatic hydroxyl groups excluding tert-OH is 1. The minimum absolute atomic E-state index is 0.0185. The summed E-state index contributed by atoms with van der Waals surface area (Å²) in [5, 5.41) is 14.8. The van der Waals surface area contributed by atoms with Gasteiger partial charge in [0.25, 0.3) is 0 Å². The van der Waals surface area contributed by atoms with Gasteiger partial charge in [-0.1, -0.05) is 59.6 Å². The average Bonchev–Trinajstić information content (AvgIpc) is 2.90. The van der Waals surface area contributed by atoms with Gasteiger partial charge in [0, 0.05) is 29.2 Å². The molecule has 4 nitrogen and oxygen atoms in total. The highest BCUT2D eigenvalue weighted by Crippen LogP contribution is 2.22. The number of hydrogen-bond acceptors (Lipinski definition) is 4. The van der Waals surface area contributed by atoms with Crippen LogP contribution in [0.1, 0.15) is 17.5 Å². The Bertz CT molecular complexity index is 878. The second kappa shape index (κ2) is 8.49. The Morgan fingerprint density at radius 2 is 1.69 bits per heavy atom. The van der Waals surface area contributed by atoms with Gasteiger partial charge in [-0.15, -0.1) is 0 Å². The van der Waals surface area contributed by atoms with E-state index >= 15 is 0 Å². The third kappa shape index (κ3) is 4.33.